The molecule has 8 heteroatoms. The van der Waals surface area contributed by atoms with Crippen LogP contribution < -0.4 is 0 Å². The summed E-state index contributed by atoms with van der Waals surface area (Å²) in [6.07, 6.45) is 0.577. The quantitative estimate of drug-likeness (QED) is 0.589. The van der Waals surface area contributed by atoms with E-state index in [9.17, 15) is 14.4 Å². The van der Waals surface area contributed by atoms with E-state index in [0.29, 0.717) is 5.06 Å². The van der Waals surface area contributed by atoms with Gasteiger partial charge in [-0.25, -0.2) is 4.79 Å². The van der Waals surface area contributed by atoms with Crippen molar-refractivity contribution in [2.24, 2.45) is 0 Å². The van der Waals surface area contributed by atoms with Crippen LogP contribution in [-0.2, 0) is 25.8 Å². The van der Waals surface area contributed by atoms with E-state index < -0.39 is 18.0 Å². The van der Waals surface area contributed by atoms with Gasteiger partial charge in [0.2, 0.25) is 0 Å². The van der Waals surface area contributed by atoms with Crippen molar-refractivity contribution in [1.82, 2.24) is 10.0 Å². The molecule has 2 heterocycles. The summed E-state index contributed by atoms with van der Waals surface area (Å²) in [6.45, 7) is -0.000277. The van der Waals surface area contributed by atoms with E-state index in [1.54, 1.807) is 11.7 Å². The van der Waals surface area contributed by atoms with Crippen molar-refractivity contribution in [1.29, 1.82) is 0 Å². The zero-order valence-corrected chi connectivity index (χ0v) is 9.44. The molecule has 2 amide bonds. The second-order valence-corrected chi connectivity index (χ2v) is 4.15. The van der Waals surface area contributed by atoms with Crippen molar-refractivity contribution < 1.29 is 24.0 Å². The third-order valence-corrected chi connectivity index (χ3v) is 2.74. The Morgan fingerprint density at radius 1 is 1.41 bits per heavy atom. The van der Waals surface area contributed by atoms with Crippen molar-refractivity contribution in [2.75, 3.05) is 0 Å². The summed E-state index contributed by atoms with van der Waals surface area (Å²) in [4.78, 5) is 42.4. The van der Waals surface area contributed by atoms with Crippen LogP contribution in [0.2, 0.25) is 0 Å². The SMILES string of the molecule is O=C(OCc1cncs1)ON1C(=O)CCC1=O. The molecule has 0 radical (unpaired) electrons. The van der Waals surface area contributed by atoms with Gasteiger partial charge < -0.3 is 4.74 Å². The van der Waals surface area contributed by atoms with Crippen molar-refractivity contribution >= 4 is 29.3 Å². The molecule has 0 atom stereocenters. The van der Waals surface area contributed by atoms with Crippen LogP contribution in [0.1, 0.15) is 17.7 Å². The molecule has 17 heavy (non-hydrogen) atoms. The fraction of sp³-hybridized carbons (Fsp3) is 0.333. The molecule has 0 unspecified atom stereocenters. The smallest absolute Gasteiger partial charge is 0.427 e. The van der Waals surface area contributed by atoms with Crippen LogP contribution in [0.25, 0.3) is 0 Å². The number of hydroxylamine groups is 2. The van der Waals surface area contributed by atoms with Gasteiger partial charge in [-0.2, -0.15) is 0 Å². The largest absolute Gasteiger partial charge is 0.534 e. The van der Waals surface area contributed by atoms with Crippen LogP contribution >= 0.6 is 11.3 Å². The zero-order valence-electron chi connectivity index (χ0n) is 8.62. The molecule has 2 rings (SSSR count). The van der Waals surface area contributed by atoms with Gasteiger partial charge >= 0.3 is 6.16 Å². The Kier molecular flexibility index (Phi) is 3.33. The number of ether oxygens (including phenoxy) is 1. The van der Waals surface area contributed by atoms with Gasteiger partial charge in [0.05, 0.1) is 10.4 Å². The average molecular weight is 256 g/mol. The highest BCUT2D eigenvalue weighted by atomic mass is 32.1. The zero-order chi connectivity index (χ0) is 12.3. The number of rotatable bonds is 3. The van der Waals surface area contributed by atoms with Crippen LogP contribution in [-0.4, -0.2) is 28.0 Å². The summed E-state index contributed by atoms with van der Waals surface area (Å²) in [5.74, 6) is -1.07. The monoisotopic (exact) mass is 256 g/mol. The standard InChI is InChI=1S/C9H8N2O5S/c12-7-1-2-8(13)11(7)16-9(14)15-4-6-3-10-5-17-6/h3,5H,1-2,4H2. The molecular formula is C9H8N2O5S. The first kappa shape index (κ1) is 11.5. The van der Waals surface area contributed by atoms with Gasteiger partial charge in [-0.3, -0.25) is 19.4 Å². The summed E-state index contributed by atoms with van der Waals surface area (Å²) in [5.41, 5.74) is 1.59. The van der Waals surface area contributed by atoms with Crippen molar-refractivity contribution in [3.05, 3.63) is 16.6 Å². The first-order valence-electron chi connectivity index (χ1n) is 4.74. The molecule has 1 aromatic heterocycles. The summed E-state index contributed by atoms with van der Waals surface area (Å²) >= 11 is 1.32. The number of amides is 2. The maximum Gasteiger partial charge on any atom is 0.534 e. The van der Waals surface area contributed by atoms with Gasteiger partial charge in [0.15, 0.2) is 0 Å². The second kappa shape index (κ2) is 4.91. The Hall–Kier alpha value is -1.96. The van der Waals surface area contributed by atoms with E-state index in [0.717, 1.165) is 4.88 Å². The number of thiazole rings is 1. The molecule has 1 fully saturated rings. The lowest BCUT2D eigenvalue weighted by atomic mass is 10.4. The van der Waals surface area contributed by atoms with Crippen LogP contribution in [0, 0.1) is 0 Å². The van der Waals surface area contributed by atoms with E-state index in [1.807, 2.05) is 0 Å². The minimum Gasteiger partial charge on any atom is -0.427 e. The molecule has 0 bridgehead atoms. The normalized spacial score (nSPS) is 15.2. The summed E-state index contributed by atoms with van der Waals surface area (Å²) in [6, 6.07) is 0. The predicted molar refractivity (Wildman–Crippen MR) is 54.5 cm³/mol. The molecule has 1 aliphatic rings. The van der Waals surface area contributed by atoms with Gasteiger partial charge in [0.1, 0.15) is 6.61 Å². The molecule has 1 aromatic rings. The van der Waals surface area contributed by atoms with E-state index in [2.05, 4.69) is 9.82 Å². The number of nitrogens with zero attached hydrogens (tertiary/aromatic N) is 2. The van der Waals surface area contributed by atoms with Gasteiger partial charge in [-0.1, -0.05) is 5.06 Å². The molecule has 1 saturated heterocycles. The Morgan fingerprint density at radius 3 is 2.71 bits per heavy atom. The number of aromatic nitrogens is 1. The molecule has 0 N–H and O–H groups in total. The van der Waals surface area contributed by atoms with Crippen molar-refractivity contribution in [3.8, 4) is 0 Å². The highest BCUT2D eigenvalue weighted by molar-refractivity contribution is 7.09. The Bertz CT molecular complexity index is 428. The van der Waals surface area contributed by atoms with Gasteiger partial charge in [-0.15, -0.1) is 11.3 Å². The highest BCUT2D eigenvalue weighted by Gasteiger charge is 2.33. The lowest BCUT2D eigenvalue weighted by Crippen LogP contribution is -2.32. The highest BCUT2D eigenvalue weighted by Crippen LogP contribution is 2.13. The lowest BCUT2D eigenvalue weighted by molar-refractivity contribution is -0.177. The number of carbonyl (C=O) groups is 3. The molecule has 0 aliphatic carbocycles. The van der Waals surface area contributed by atoms with Crippen LogP contribution in [0.5, 0.6) is 0 Å². The summed E-state index contributed by atoms with van der Waals surface area (Å²) in [7, 11) is 0. The first-order chi connectivity index (χ1) is 8.16. The minimum absolute atomic E-state index is 0.000277. The van der Waals surface area contributed by atoms with E-state index in [-0.39, 0.29) is 19.4 Å². The van der Waals surface area contributed by atoms with Crippen molar-refractivity contribution in [3.63, 3.8) is 0 Å². The van der Waals surface area contributed by atoms with Crippen molar-refractivity contribution in [2.45, 2.75) is 19.4 Å². The molecule has 1 aliphatic heterocycles. The van der Waals surface area contributed by atoms with Gasteiger partial charge in [-0.05, 0) is 0 Å². The fourth-order valence-corrected chi connectivity index (χ4v) is 1.71. The Balaban J connectivity index is 1.81. The first-order valence-corrected chi connectivity index (χ1v) is 5.62. The third kappa shape index (κ3) is 2.78. The molecule has 7 nitrogen and oxygen atoms in total. The van der Waals surface area contributed by atoms with Gasteiger partial charge in [0, 0.05) is 19.0 Å². The van der Waals surface area contributed by atoms with Crippen LogP contribution in [0.4, 0.5) is 4.79 Å². The van der Waals surface area contributed by atoms with Crippen LogP contribution in [0.3, 0.4) is 0 Å². The Morgan fingerprint density at radius 2 is 2.12 bits per heavy atom. The molecule has 0 spiro atoms. The minimum atomic E-state index is -1.08. The molecular weight excluding hydrogens is 248 g/mol. The number of imide groups is 1. The van der Waals surface area contributed by atoms with Gasteiger partial charge in [0.25, 0.3) is 11.8 Å². The van der Waals surface area contributed by atoms with E-state index in [4.69, 9.17) is 4.74 Å². The number of carbonyl (C=O) groups excluding carboxylic acids is 3. The predicted octanol–water partition coefficient (Wildman–Crippen LogP) is 0.860. The topological polar surface area (TPSA) is 85.8 Å². The average Bonchev–Trinajstić information content (AvgIpc) is 2.91. The third-order valence-electron chi connectivity index (χ3n) is 1.99. The molecule has 0 saturated carbocycles. The number of hydrogen-bond acceptors (Lipinski definition) is 7. The Labute approximate surface area is 99.9 Å². The summed E-state index contributed by atoms with van der Waals surface area (Å²) < 4.78 is 4.71. The van der Waals surface area contributed by atoms with E-state index in [1.165, 1.54) is 11.3 Å². The molecule has 0 aromatic carbocycles. The summed E-state index contributed by atoms with van der Waals surface area (Å²) in [5, 5.41) is 0.439. The maximum absolute atomic E-state index is 11.2. The number of hydrogen-bond donors (Lipinski definition) is 0. The maximum atomic E-state index is 11.2. The van der Waals surface area contributed by atoms with E-state index >= 15 is 0 Å². The second-order valence-electron chi connectivity index (χ2n) is 3.18. The fourth-order valence-electron chi connectivity index (χ4n) is 1.20. The van der Waals surface area contributed by atoms with Crippen LogP contribution in [0.15, 0.2) is 11.7 Å². The molecule has 90 valence electrons. The lowest BCUT2D eigenvalue weighted by Gasteiger charge is -2.11.